The summed E-state index contributed by atoms with van der Waals surface area (Å²) in [5, 5.41) is 4.72. The van der Waals surface area contributed by atoms with E-state index in [0.717, 1.165) is 5.56 Å². The summed E-state index contributed by atoms with van der Waals surface area (Å²) in [5.74, 6) is 0.628. The molecule has 0 aliphatic heterocycles. The molecule has 1 N–H and O–H groups in total. The SMILES string of the molecule is CC(CS(C)=O)NC(C)c1cc(Cl)ccc1Cl. The Labute approximate surface area is 115 Å². The van der Waals surface area contributed by atoms with E-state index in [1.54, 1.807) is 18.4 Å². The number of halogens is 2. The predicted molar refractivity (Wildman–Crippen MR) is 76.4 cm³/mol. The maximum atomic E-state index is 11.1. The molecule has 1 aromatic carbocycles. The van der Waals surface area contributed by atoms with Crippen LogP contribution in [0, 0.1) is 0 Å². The van der Waals surface area contributed by atoms with Crippen LogP contribution in [0.15, 0.2) is 18.2 Å². The molecule has 5 heteroatoms. The Hall–Kier alpha value is -0.0900. The summed E-state index contributed by atoms with van der Waals surface area (Å²) in [4.78, 5) is 0. The second-order valence-corrected chi connectivity index (χ2v) is 6.52. The second-order valence-electron chi connectivity index (χ2n) is 4.20. The highest BCUT2D eigenvalue weighted by atomic mass is 35.5. The van der Waals surface area contributed by atoms with Crippen molar-refractivity contribution in [1.29, 1.82) is 0 Å². The molecule has 0 heterocycles. The van der Waals surface area contributed by atoms with Gasteiger partial charge in [-0.2, -0.15) is 0 Å². The predicted octanol–water partition coefficient (Wildman–Crippen LogP) is 3.41. The van der Waals surface area contributed by atoms with E-state index in [4.69, 9.17) is 23.2 Å². The van der Waals surface area contributed by atoms with E-state index >= 15 is 0 Å². The Morgan fingerprint density at radius 3 is 2.59 bits per heavy atom. The van der Waals surface area contributed by atoms with E-state index in [2.05, 4.69) is 5.32 Å². The van der Waals surface area contributed by atoms with Crippen molar-refractivity contribution in [2.45, 2.75) is 25.9 Å². The van der Waals surface area contributed by atoms with Gasteiger partial charge in [0, 0.05) is 44.9 Å². The average Bonchev–Trinajstić information content (AvgIpc) is 2.20. The van der Waals surface area contributed by atoms with Gasteiger partial charge in [0.15, 0.2) is 0 Å². The molecule has 0 spiro atoms. The molecule has 96 valence electrons. The van der Waals surface area contributed by atoms with Gasteiger partial charge in [0.2, 0.25) is 0 Å². The van der Waals surface area contributed by atoms with Gasteiger partial charge in [-0.05, 0) is 37.6 Å². The van der Waals surface area contributed by atoms with Crippen molar-refractivity contribution in [3.8, 4) is 0 Å². The lowest BCUT2D eigenvalue weighted by Gasteiger charge is -2.20. The molecule has 0 amide bonds. The summed E-state index contributed by atoms with van der Waals surface area (Å²) in [6.07, 6.45) is 1.70. The van der Waals surface area contributed by atoms with Crippen LogP contribution in [0.2, 0.25) is 10.0 Å². The van der Waals surface area contributed by atoms with Crippen LogP contribution in [0.5, 0.6) is 0 Å². The minimum Gasteiger partial charge on any atom is -0.307 e. The topological polar surface area (TPSA) is 29.1 Å². The van der Waals surface area contributed by atoms with Crippen molar-refractivity contribution in [3.63, 3.8) is 0 Å². The molecule has 0 saturated heterocycles. The molecular formula is C12H17Cl2NOS. The number of nitrogens with one attached hydrogen (secondary N) is 1. The van der Waals surface area contributed by atoms with Crippen molar-refractivity contribution in [2.75, 3.05) is 12.0 Å². The Kier molecular flexibility index (Phi) is 5.93. The molecule has 3 unspecified atom stereocenters. The lowest BCUT2D eigenvalue weighted by molar-refractivity contribution is 0.508. The van der Waals surface area contributed by atoms with Crippen molar-refractivity contribution in [1.82, 2.24) is 5.32 Å². The minimum atomic E-state index is -0.800. The fourth-order valence-electron chi connectivity index (χ4n) is 1.76. The van der Waals surface area contributed by atoms with E-state index in [-0.39, 0.29) is 12.1 Å². The van der Waals surface area contributed by atoms with Gasteiger partial charge < -0.3 is 5.32 Å². The molecule has 3 atom stereocenters. The fourth-order valence-corrected chi connectivity index (χ4v) is 3.03. The Bertz CT molecular complexity index is 411. The van der Waals surface area contributed by atoms with Gasteiger partial charge in [-0.3, -0.25) is 4.21 Å². The first-order chi connectivity index (χ1) is 7.90. The molecule has 0 aliphatic carbocycles. The molecule has 1 rings (SSSR count). The van der Waals surface area contributed by atoms with E-state index < -0.39 is 10.8 Å². The van der Waals surface area contributed by atoms with Crippen LogP contribution in [0.25, 0.3) is 0 Å². The molecule has 0 aliphatic rings. The summed E-state index contributed by atoms with van der Waals surface area (Å²) in [6, 6.07) is 5.67. The van der Waals surface area contributed by atoms with E-state index in [1.165, 1.54) is 0 Å². The first-order valence-corrected chi connectivity index (χ1v) is 7.89. The zero-order valence-electron chi connectivity index (χ0n) is 10.2. The van der Waals surface area contributed by atoms with Gasteiger partial charge in [0.25, 0.3) is 0 Å². The van der Waals surface area contributed by atoms with Crippen molar-refractivity contribution in [2.24, 2.45) is 0 Å². The standard InChI is InChI=1S/C12H17Cl2NOS/c1-8(7-17(3)16)15-9(2)11-6-10(13)4-5-12(11)14/h4-6,8-9,15H,7H2,1-3H3. The minimum absolute atomic E-state index is 0.0831. The zero-order valence-corrected chi connectivity index (χ0v) is 12.5. The number of rotatable bonds is 5. The third-order valence-electron chi connectivity index (χ3n) is 2.44. The largest absolute Gasteiger partial charge is 0.307 e. The average molecular weight is 294 g/mol. The van der Waals surface area contributed by atoms with Gasteiger partial charge in [-0.25, -0.2) is 0 Å². The van der Waals surface area contributed by atoms with Gasteiger partial charge in [-0.15, -0.1) is 0 Å². The van der Waals surface area contributed by atoms with E-state index in [1.807, 2.05) is 19.9 Å². The lowest BCUT2D eigenvalue weighted by Crippen LogP contribution is -2.33. The quantitative estimate of drug-likeness (QED) is 0.901. The van der Waals surface area contributed by atoms with Gasteiger partial charge in [0.05, 0.1) is 0 Å². The molecule has 0 radical (unpaired) electrons. The Balaban J connectivity index is 2.72. The highest BCUT2D eigenvalue weighted by Crippen LogP contribution is 2.26. The van der Waals surface area contributed by atoms with Crippen LogP contribution >= 0.6 is 23.2 Å². The van der Waals surface area contributed by atoms with Gasteiger partial charge >= 0.3 is 0 Å². The van der Waals surface area contributed by atoms with Crippen LogP contribution < -0.4 is 5.32 Å². The maximum Gasteiger partial charge on any atom is 0.0454 e. The molecule has 0 aromatic heterocycles. The first kappa shape index (κ1) is 15.0. The van der Waals surface area contributed by atoms with Crippen LogP contribution in [0.1, 0.15) is 25.5 Å². The zero-order chi connectivity index (χ0) is 13.0. The third kappa shape index (κ3) is 4.96. The molecule has 17 heavy (non-hydrogen) atoms. The molecule has 0 saturated carbocycles. The molecular weight excluding hydrogens is 277 g/mol. The number of hydrogen-bond acceptors (Lipinski definition) is 2. The van der Waals surface area contributed by atoms with E-state index in [9.17, 15) is 4.21 Å². The van der Waals surface area contributed by atoms with Crippen LogP contribution in [-0.2, 0) is 10.8 Å². The van der Waals surface area contributed by atoms with Crippen LogP contribution in [0.3, 0.4) is 0 Å². The normalized spacial score (nSPS) is 16.5. The highest BCUT2D eigenvalue weighted by molar-refractivity contribution is 7.84. The lowest BCUT2D eigenvalue weighted by atomic mass is 10.1. The van der Waals surface area contributed by atoms with E-state index in [0.29, 0.717) is 15.8 Å². The maximum absolute atomic E-state index is 11.1. The Morgan fingerprint density at radius 2 is 2.00 bits per heavy atom. The first-order valence-electron chi connectivity index (χ1n) is 5.41. The second kappa shape index (κ2) is 6.74. The molecule has 0 bridgehead atoms. The summed E-state index contributed by atoms with van der Waals surface area (Å²) in [6.45, 7) is 4.03. The van der Waals surface area contributed by atoms with Crippen LogP contribution in [-0.4, -0.2) is 22.3 Å². The van der Waals surface area contributed by atoms with Crippen molar-refractivity contribution in [3.05, 3.63) is 33.8 Å². The van der Waals surface area contributed by atoms with Crippen molar-refractivity contribution < 1.29 is 4.21 Å². The Morgan fingerprint density at radius 1 is 1.35 bits per heavy atom. The molecule has 1 aromatic rings. The monoisotopic (exact) mass is 293 g/mol. The smallest absolute Gasteiger partial charge is 0.0454 e. The number of hydrogen-bond donors (Lipinski definition) is 1. The van der Waals surface area contributed by atoms with Gasteiger partial charge in [-0.1, -0.05) is 23.2 Å². The summed E-state index contributed by atoms with van der Waals surface area (Å²) >= 11 is 12.1. The highest BCUT2D eigenvalue weighted by Gasteiger charge is 2.13. The van der Waals surface area contributed by atoms with Crippen molar-refractivity contribution >= 4 is 34.0 Å². The molecule has 0 fully saturated rings. The third-order valence-corrected chi connectivity index (χ3v) is 3.99. The summed E-state index contributed by atoms with van der Waals surface area (Å²) in [5.41, 5.74) is 0.966. The number of benzene rings is 1. The summed E-state index contributed by atoms with van der Waals surface area (Å²) in [7, 11) is -0.800. The van der Waals surface area contributed by atoms with Gasteiger partial charge in [0.1, 0.15) is 0 Å². The fraction of sp³-hybridized carbons (Fsp3) is 0.500. The molecule has 2 nitrogen and oxygen atoms in total. The summed E-state index contributed by atoms with van der Waals surface area (Å²) < 4.78 is 11.1. The van der Waals surface area contributed by atoms with Crippen LogP contribution in [0.4, 0.5) is 0 Å².